The second-order valence-corrected chi connectivity index (χ2v) is 15.0. The summed E-state index contributed by atoms with van der Waals surface area (Å²) in [6.45, 7) is 8.53. The molecule has 0 bridgehead atoms. The van der Waals surface area contributed by atoms with Crippen molar-refractivity contribution in [1.29, 1.82) is 5.26 Å². The Morgan fingerprint density at radius 2 is 0.951 bits per heavy atom. The topological polar surface area (TPSA) is 89.8 Å². The van der Waals surface area contributed by atoms with E-state index in [-0.39, 0.29) is 0 Å². The van der Waals surface area contributed by atoms with Crippen LogP contribution in [0.5, 0.6) is 0 Å². The molecule has 282 valence electrons. The highest BCUT2D eigenvalue weighted by atomic mass is 16.3. The van der Waals surface area contributed by atoms with Crippen LogP contribution in [-0.4, -0.2) is 24.1 Å². The molecule has 12 rings (SSSR count). The molecule has 4 aromatic heterocycles. The number of hydrogen-bond donors (Lipinski definition) is 0. The molecule has 0 unspecified atom stereocenters. The molecule has 0 spiro atoms. The van der Waals surface area contributed by atoms with Crippen LogP contribution in [0.25, 0.3) is 116 Å². The second-order valence-electron chi connectivity index (χ2n) is 15.0. The van der Waals surface area contributed by atoms with Crippen molar-refractivity contribution in [3.8, 4) is 51.6 Å². The number of furan rings is 1. The summed E-state index contributed by atoms with van der Waals surface area (Å²) < 4.78 is 11.4. The lowest BCUT2D eigenvalue weighted by molar-refractivity contribution is 0.677. The van der Waals surface area contributed by atoms with Crippen LogP contribution in [-0.2, 0) is 0 Å². The summed E-state index contributed by atoms with van der Waals surface area (Å²) in [6, 6.07) is 61.0. The van der Waals surface area contributed by atoms with E-state index in [1.54, 1.807) is 12.1 Å². The molecule has 4 heterocycles. The van der Waals surface area contributed by atoms with E-state index in [0.29, 0.717) is 40.0 Å². The molecule has 8 heteroatoms. The Bertz CT molecular complexity index is 3740. The number of para-hydroxylation sites is 3. The minimum Gasteiger partial charge on any atom is -0.455 e. The van der Waals surface area contributed by atoms with Crippen molar-refractivity contribution in [3.05, 3.63) is 193 Å². The number of nitriles is 1. The van der Waals surface area contributed by atoms with Crippen molar-refractivity contribution >= 4 is 71.2 Å². The lowest BCUT2D eigenvalue weighted by Crippen LogP contribution is -2.02. The summed E-state index contributed by atoms with van der Waals surface area (Å²) in [5.41, 5.74) is 9.76. The van der Waals surface area contributed by atoms with Crippen LogP contribution in [0.3, 0.4) is 0 Å². The van der Waals surface area contributed by atoms with Gasteiger partial charge in [-0.15, -0.1) is 0 Å². The largest absolute Gasteiger partial charge is 0.455 e. The summed E-state index contributed by atoms with van der Waals surface area (Å²) in [4.78, 5) is 18.7. The molecule has 0 amide bonds. The first-order chi connectivity index (χ1) is 30.2. The Kier molecular flexibility index (Phi) is 7.49. The van der Waals surface area contributed by atoms with E-state index < -0.39 is 0 Å². The zero-order chi connectivity index (χ0) is 40.6. The number of aromatic nitrogens is 5. The normalized spacial score (nSPS) is 11.6. The molecule has 0 fully saturated rings. The summed E-state index contributed by atoms with van der Waals surface area (Å²) in [5.74, 6) is 1.36. The fourth-order valence-electron chi connectivity index (χ4n) is 8.98. The van der Waals surface area contributed by atoms with E-state index >= 15 is 0 Å². The second kappa shape index (κ2) is 13.4. The summed E-state index contributed by atoms with van der Waals surface area (Å²) in [6.07, 6.45) is 0. The van der Waals surface area contributed by atoms with Crippen LogP contribution in [0.4, 0.5) is 5.69 Å². The fourth-order valence-corrected chi connectivity index (χ4v) is 8.98. The van der Waals surface area contributed by atoms with Gasteiger partial charge in [-0.25, -0.2) is 19.8 Å². The van der Waals surface area contributed by atoms with Gasteiger partial charge < -0.3 is 13.6 Å². The molecule has 8 aromatic carbocycles. The van der Waals surface area contributed by atoms with Gasteiger partial charge in [-0.3, -0.25) is 0 Å². The highest BCUT2D eigenvalue weighted by molar-refractivity contribution is 6.29. The predicted octanol–water partition coefficient (Wildman–Crippen LogP) is 13.4. The first kappa shape index (κ1) is 34.2. The maximum Gasteiger partial charge on any atom is 0.212 e. The number of benzene rings is 8. The summed E-state index contributed by atoms with van der Waals surface area (Å²) in [7, 11) is 0. The van der Waals surface area contributed by atoms with Gasteiger partial charge in [0, 0.05) is 43.9 Å². The Labute approximate surface area is 348 Å². The molecule has 12 aromatic rings. The highest BCUT2D eigenvalue weighted by Crippen LogP contribution is 2.46. The van der Waals surface area contributed by atoms with Crippen molar-refractivity contribution in [2.45, 2.75) is 0 Å². The average Bonchev–Trinajstić information content (AvgIpc) is 3.99. The fraction of sp³-hybridized carbons (Fsp3) is 0. The van der Waals surface area contributed by atoms with Gasteiger partial charge in [0.1, 0.15) is 11.2 Å². The van der Waals surface area contributed by atoms with Gasteiger partial charge in [0.2, 0.25) is 5.69 Å². The van der Waals surface area contributed by atoms with Gasteiger partial charge >= 0.3 is 0 Å². The molecule has 8 nitrogen and oxygen atoms in total. The van der Waals surface area contributed by atoms with Crippen LogP contribution < -0.4 is 0 Å². The highest BCUT2D eigenvalue weighted by Gasteiger charge is 2.25. The molecule has 0 aliphatic carbocycles. The van der Waals surface area contributed by atoms with Crippen molar-refractivity contribution in [2.75, 3.05) is 0 Å². The zero-order valence-electron chi connectivity index (χ0n) is 32.3. The molecule has 0 atom stereocenters. The number of fused-ring (bicyclic) bond motifs is 11. The molecular formula is C53H29N7O. The monoisotopic (exact) mass is 779 g/mol. The smallest absolute Gasteiger partial charge is 0.212 e. The summed E-state index contributed by atoms with van der Waals surface area (Å²) in [5, 5.41) is 16.9. The van der Waals surface area contributed by atoms with Gasteiger partial charge in [0.15, 0.2) is 17.5 Å². The quantitative estimate of drug-likeness (QED) is 0.162. The number of rotatable bonds is 5. The number of hydrogen-bond acceptors (Lipinski definition) is 5. The van der Waals surface area contributed by atoms with Crippen molar-refractivity contribution in [2.24, 2.45) is 0 Å². The number of nitrogens with zero attached hydrogens (tertiary/aromatic N) is 7. The third kappa shape index (κ3) is 5.13. The van der Waals surface area contributed by atoms with Gasteiger partial charge in [-0.05, 0) is 60.7 Å². The first-order valence-electron chi connectivity index (χ1n) is 19.9. The molecule has 0 radical (unpaired) electrons. The van der Waals surface area contributed by atoms with Gasteiger partial charge in [0.05, 0.1) is 56.7 Å². The molecule has 61 heavy (non-hydrogen) atoms. The molecule has 0 saturated heterocycles. The van der Waals surface area contributed by atoms with E-state index in [1.165, 1.54) is 0 Å². The zero-order valence-corrected chi connectivity index (χ0v) is 32.3. The molecule has 0 aliphatic rings. The van der Waals surface area contributed by atoms with E-state index in [9.17, 15) is 5.26 Å². The van der Waals surface area contributed by atoms with E-state index in [4.69, 9.17) is 25.9 Å². The van der Waals surface area contributed by atoms with Gasteiger partial charge in [-0.1, -0.05) is 115 Å². The lowest BCUT2D eigenvalue weighted by atomic mass is 10.0. The van der Waals surface area contributed by atoms with Gasteiger partial charge in [-0.2, -0.15) is 5.26 Å². The van der Waals surface area contributed by atoms with Crippen LogP contribution in [0, 0.1) is 17.9 Å². The molecule has 0 saturated carbocycles. The molecular weight excluding hydrogens is 751 g/mol. The van der Waals surface area contributed by atoms with E-state index in [0.717, 1.165) is 82.4 Å². The summed E-state index contributed by atoms with van der Waals surface area (Å²) >= 11 is 0. The lowest BCUT2D eigenvalue weighted by Gasteiger charge is -2.14. The van der Waals surface area contributed by atoms with Crippen molar-refractivity contribution in [3.63, 3.8) is 0 Å². The van der Waals surface area contributed by atoms with Crippen LogP contribution in [0.15, 0.2) is 180 Å². The van der Waals surface area contributed by atoms with E-state index in [1.807, 2.05) is 89.5 Å². The minimum atomic E-state index is 0.291. The maximum atomic E-state index is 10.9. The first-order valence-corrected chi connectivity index (χ1v) is 19.9. The average molecular weight is 780 g/mol. The standard InChI is InChI=1S/C53H29N7O/c1-55-41-30-34(53-57-51(32-15-5-2-6-16-32)56-52(58-53)33-17-7-3-8-18-33)29-35(31-54)48(41)60-43-24-14-12-22-40(43)47-45(60)28-26-38-37-25-27-44-46(49(37)61-50(38)47)39-21-11-13-23-42(39)59(44)36-19-9-4-10-20-36/h2-30H. The third-order valence-electron chi connectivity index (χ3n) is 11.6. The van der Waals surface area contributed by atoms with Crippen LogP contribution in [0.1, 0.15) is 5.56 Å². The molecule has 0 aliphatic heterocycles. The van der Waals surface area contributed by atoms with E-state index in [2.05, 4.69) is 94.3 Å². The maximum absolute atomic E-state index is 10.9. The Morgan fingerprint density at radius 3 is 1.49 bits per heavy atom. The Hall–Kier alpha value is -8.85. The molecule has 0 N–H and O–H groups in total. The Morgan fingerprint density at radius 1 is 0.475 bits per heavy atom. The van der Waals surface area contributed by atoms with Crippen molar-refractivity contribution < 1.29 is 4.42 Å². The van der Waals surface area contributed by atoms with Gasteiger partial charge in [0.25, 0.3) is 0 Å². The Balaban J connectivity index is 1.10. The predicted molar refractivity (Wildman–Crippen MR) is 243 cm³/mol. The SMILES string of the molecule is [C-]#[N+]c1cc(-c2nc(-c3ccccc3)nc(-c3ccccc3)n2)cc(C#N)c1-n1c2ccccc2c2c3oc4c(ccc5c4c4ccccc4n5-c4ccccc4)c3ccc21. The van der Waals surface area contributed by atoms with Crippen LogP contribution in [0.2, 0.25) is 0 Å². The minimum absolute atomic E-state index is 0.291. The van der Waals surface area contributed by atoms with Crippen LogP contribution >= 0.6 is 0 Å². The third-order valence-corrected chi connectivity index (χ3v) is 11.6. The van der Waals surface area contributed by atoms with Crippen molar-refractivity contribution in [1.82, 2.24) is 24.1 Å².